The van der Waals surface area contributed by atoms with Crippen LogP contribution >= 0.6 is 0 Å². The van der Waals surface area contributed by atoms with Crippen LogP contribution in [-0.4, -0.2) is 60.3 Å². The summed E-state index contributed by atoms with van der Waals surface area (Å²) in [5, 5.41) is 0. The first kappa shape index (κ1) is 14.8. The number of nitrogens with zero attached hydrogens (tertiary/aromatic N) is 2. The van der Waals surface area contributed by atoms with Crippen LogP contribution in [0.3, 0.4) is 0 Å². The van der Waals surface area contributed by atoms with E-state index in [1.807, 2.05) is 0 Å². The molecule has 3 fully saturated rings. The van der Waals surface area contributed by atoms with Crippen LogP contribution in [0.2, 0.25) is 0 Å². The Morgan fingerprint density at radius 3 is 1.90 bits per heavy atom. The van der Waals surface area contributed by atoms with E-state index in [1.54, 1.807) is 0 Å². The van der Waals surface area contributed by atoms with Crippen LogP contribution in [-0.2, 0) is 4.74 Å². The minimum atomic E-state index is 0.0888. The average molecular weight is 280 g/mol. The molecular weight excluding hydrogens is 248 g/mol. The van der Waals surface area contributed by atoms with Crippen molar-refractivity contribution in [3.8, 4) is 0 Å². The molecule has 3 rings (SSSR count). The van der Waals surface area contributed by atoms with Crippen molar-refractivity contribution in [3.05, 3.63) is 0 Å². The van der Waals surface area contributed by atoms with E-state index in [9.17, 15) is 0 Å². The smallest absolute Gasteiger partial charge is 0.0804 e. The molecule has 0 N–H and O–H groups in total. The number of rotatable bonds is 2. The normalized spacial score (nSPS) is 34.4. The predicted octanol–water partition coefficient (Wildman–Crippen LogP) is 2.75. The van der Waals surface area contributed by atoms with Gasteiger partial charge in [-0.2, -0.15) is 0 Å². The topological polar surface area (TPSA) is 15.7 Å². The lowest BCUT2D eigenvalue weighted by Gasteiger charge is -2.55. The Balaban J connectivity index is 1.52. The zero-order valence-electron chi connectivity index (χ0n) is 13.8. The van der Waals surface area contributed by atoms with Gasteiger partial charge in [-0.25, -0.2) is 0 Å². The van der Waals surface area contributed by atoms with Gasteiger partial charge in [0.15, 0.2) is 0 Å². The van der Waals surface area contributed by atoms with E-state index in [0.29, 0.717) is 11.5 Å². The minimum absolute atomic E-state index is 0.0888. The maximum Gasteiger partial charge on any atom is 0.0804 e. The number of hydrogen-bond acceptors (Lipinski definition) is 3. The third-order valence-corrected chi connectivity index (χ3v) is 6.30. The molecule has 20 heavy (non-hydrogen) atoms. The zero-order valence-corrected chi connectivity index (χ0v) is 13.8. The van der Waals surface area contributed by atoms with Gasteiger partial charge in [0.1, 0.15) is 0 Å². The molecule has 0 aromatic heterocycles. The molecule has 3 heteroatoms. The number of piperidine rings is 2. The molecule has 3 heterocycles. The van der Waals surface area contributed by atoms with Gasteiger partial charge in [-0.15, -0.1) is 0 Å². The van der Waals surface area contributed by atoms with Gasteiger partial charge in [0.25, 0.3) is 0 Å². The molecule has 3 aliphatic heterocycles. The van der Waals surface area contributed by atoms with Crippen molar-refractivity contribution in [1.82, 2.24) is 9.80 Å². The fourth-order valence-corrected chi connectivity index (χ4v) is 4.36. The van der Waals surface area contributed by atoms with E-state index in [-0.39, 0.29) is 5.60 Å². The molecule has 0 aromatic rings. The SMILES string of the molecule is CC(C)N1CCC2(CC1)CCN(C1COC1(C)C)CC2. The molecule has 0 saturated carbocycles. The summed E-state index contributed by atoms with van der Waals surface area (Å²) in [5.74, 6) is 0. The molecule has 0 aliphatic carbocycles. The Morgan fingerprint density at radius 1 is 0.950 bits per heavy atom. The van der Waals surface area contributed by atoms with Crippen LogP contribution in [0.1, 0.15) is 53.4 Å². The van der Waals surface area contributed by atoms with Crippen LogP contribution in [0.4, 0.5) is 0 Å². The van der Waals surface area contributed by atoms with E-state index < -0.39 is 0 Å². The minimum Gasteiger partial charge on any atom is -0.372 e. The molecule has 0 amide bonds. The quantitative estimate of drug-likeness (QED) is 0.773. The highest BCUT2D eigenvalue weighted by molar-refractivity contribution is 4.99. The molecule has 3 nitrogen and oxygen atoms in total. The van der Waals surface area contributed by atoms with Crippen molar-refractivity contribution in [3.63, 3.8) is 0 Å². The summed E-state index contributed by atoms with van der Waals surface area (Å²) in [6.07, 6.45) is 5.66. The molecule has 0 radical (unpaired) electrons. The lowest BCUT2D eigenvalue weighted by molar-refractivity contribution is -0.200. The van der Waals surface area contributed by atoms with Gasteiger partial charge >= 0.3 is 0 Å². The molecule has 3 saturated heterocycles. The Kier molecular flexibility index (Phi) is 3.89. The Bertz CT molecular complexity index is 335. The van der Waals surface area contributed by atoms with E-state index in [1.165, 1.54) is 51.9 Å². The van der Waals surface area contributed by atoms with Gasteiger partial charge in [0.2, 0.25) is 0 Å². The number of hydrogen-bond donors (Lipinski definition) is 0. The monoisotopic (exact) mass is 280 g/mol. The summed E-state index contributed by atoms with van der Waals surface area (Å²) < 4.78 is 5.71. The van der Waals surface area contributed by atoms with Crippen molar-refractivity contribution in [1.29, 1.82) is 0 Å². The molecular formula is C17H32N2O. The van der Waals surface area contributed by atoms with Crippen LogP contribution < -0.4 is 0 Å². The fourth-order valence-electron chi connectivity index (χ4n) is 4.36. The molecule has 3 aliphatic rings. The molecule has 116 valence electrons. The van der Waals surface area contributed by atoms with Gasteiger partial charge in [-0.1, -0.05) is 0 Å². The van der Waals surface area contributed by atoms with Crippen LogP contribution in [0.15, 0.2) is 0 Å². The summed E-state index contributed by atoms with van der Waals surface area (Å²) in [7, 11) is 0. The van der Waals surface area contributed by atoms with E-state index >= 15 is 0 Å². The zero-order chi connectivity index (χ0) is 14.4. The molecule has 1 spiro atoms. The van der Waals surface area contributed by atoms with E-state index in [2.05, 4.69) is 37.5 Å². The van der Waals surface area contributed by atoms with Crippen molar-refractivity contribution >= 4 is 0 Å². The molecule has 0 bridgehead atoms. The summed E-state index contributed by atoms with van der Waals surface area (Å²) in [4.78, 5) is 5.35. The summed E-state index contributed by atoms with van der Waals surface area (Å²) in [6, 6.07) is 1.39. The Labute approximate surface area is 124 Å². The van der Waals surface area contributed by atoms with Crippen LogP contribution in [0.5, 0.6) is 0 Å². The van der Waals surface area contributed by atoms with Crippen molar-refractivity contribution in [2.24, 2.45) is 5.41 Å². The van der Waals surface area contributed by atoms with Gasteiger partial charge in [0.05, 0.1) is 18.2 Å². The highest BCUT2D eigenvalue weighted by Gasteiger charge is 2.47. The second-order valence-corrected chi connectivity index (χ2v) is 8.10. The van der Waals surface area contributed by atoms with E-state index in [0.717, 1.165) is 12.6 Å². The van der Waals surface area contributed by atoms with Gasteiger partial charge in [-0.3, -0.25) is 4.90 Å². The van der Waals surface area contributed by atoms with Crippen LogP contribution in [0.25, 0.3) is 0 Å². The average Bonchev–Trinajstić information content (AvgIpc) is 2.41. The van der Waals surface area contributed by atoms with Gasteiger partial charge < -0.3 is 9.64 Å². The van der Waals surface area contributed by atoms with Gasteiger partial charge in [0, 0.05) is 6.04 Å². The number of ether oxygens (including phenoxy) is 1. The lowest BCUT2D eigenvalue weighted by atomic mass is 9.70. The number of likely N-dealkylation sites (tertiary alicyclic amines) is 2. The van der Waals surface area contributed by atoms with Crippen LogP contribution in [0, 0.1) is 5.41 Å². The third-order valence-electron chi connectivity index (χ3n) is 6.30. The highest BCUT2D eigenvalue weighted by atomic mass is 16.5. The Hall–Kier alpha value is -0.120. The first-order valence-electron chi connectivity index (χ1n) is 8.54. The van der Waals surface area contributed by atoms with Crippen molar-refractivity contribution in [2.75, 3.05) is 32.8 Å². The summed E-state index contributed by atoms with van der Waals surface area (Å²) >= 11 is 0. The van der Waals surface area contributed by atoms with E-state index in [4.69, 9.17) is 4.74 Å². The largest absolute Gasteiger partial charge is 0.372 e. The maximum atomic E-state index is 5.71. The first-order chi connectivity index (χ1) is 9.42. The van der Waals surface area contributed by atoms with Crippen molar-refractivity contribution < 1.29 is 4.74 Å². The maximum absolute atomic E-state index is 5.71. The predicted molar refractivity (Wildman–Crippen MR) is 83.0 cm³/mol. The lowest BCUT2D eigenvalue weighted by Crippen LogP contribution is -2.64. The second-order valence-electron chi connectivity index (χ2n) is 8.10. The highest BCUT2D eigenvalue weighted by Crippen LogP contribution is 2.43. The standard InChI is InChI=1S/C17H32N2O/c1-14(2)18-9-5-17(6-10-18)7-11-19(12-8-17)15-13-20-16(15,3)4/h14-15H,5-13H2,1-4H3. The van der Waals surface area contributed by atoms with Crippen molar-refractivity contribution in [2.45, 2.75) is 71.1 Å². The first-order valence-corrected chi connectivity index (χ1v) is 8.54. The molecule has 1 atom stereocenters. The van der Waals surface area contributed by atoms with Gasteiger partial charge in [-0.05, 0) is 85.0 Å². The third kappa shape index (κ3) is 2.65. The Morgan fingerprint density at radius 2 is 1.50 bits per heavy atom. The summed E-state index contributed by atoms with van der Waals surface area (Å²) in [6.45, 7) is 15.3. The molecule has 0 aromatic carbocycles. The second kappa shape index (κ2) is 5.26. The molecule has 1 unspecified atom stereocenters. The fraction of sp³-hybridized carbons (Fsp3) is 1.00. The summed E-state index contributed by atoms with van der Waals surface area (Å²) in [5.41, 5.74) is 0.752.